The molecule has 2 aliphatic rings. The molecule has 2 rings (SSSR count). The number of ether oxygens (including phenoxy) is 3. The second kappa shape index (κ2) is 3.61. The maximum Gasteiger partial charge on any atom is 0.357 e. The van der Waals surface area contributed by atoms with Gasteiger partial charge in [0.1, 0.15) is 5.60 Å². The molecule has 5 heteroatoms. The third-order valence-electron chi connectivity index (χ3n) is 3.15. The summed E-state index contributed by atoms with van der Waals surface area (Å²) in [5.74, 6) is -0.0779. The molecule has 2 fully saturated rings. The standard InChI is InChI=1S/C10H15ClO4/c1-9(5-7-3-4-14-6-7)10(11,15-9)8(12)13-2/h7H,3-6H2,1-2H3. The summed E-state index contributed by atoms with van der Waals surface area (Å²) in [4.78, 5) is 11.4. The molecule has 0 bridgehead atoms. The second-order valence-corrected chi connectivity index (χ2v) is 4.89. The van der Waals surface area contributed by atoms with Gasteiger partial charge in [-0.05, 0) is 25.7 Å². The van der Waals surface area contributed by atoms with Crippen LogP contribution in [0.4, 0.5) is 0 Å². The van der Waals surface area contributed by atoms with Crippen LogP contribution in [0.3, 0.4) is 0 Å². The first-order valence-electron chi connectivity index (χ1n) is 5.07. The molecule has 0 aromatic carbocycles. The lowest BCUT2D eigenvalue weighted by Gasteiger charge is -2.12. The molecule has 4 nitrogen and oxygen atoms in total. The lowest BCUT2D eigenvalue weighted by molar-refractivity contribution is -0.143. The van der Waals surface area contributed by atoms with Crippen LogP contribution in [0.5, 0.6) is 0 Å². The Hall–Kier alpha value is -0.320. The lowest BCUT2D eigenvalue weighted by atomic mass is 9.92. The number of carbonyl (C=O) groups excluding carboxylic acids is 1. The molecule has 15 heavy (non-hydrogen) atoms. The number of hydrogen-bond donors (Lipinski definition) is 0. The number of halogens is 1. The quantitative estimate of drug-likeness (QED) is 0.420. The molecule has 2 saturated heterocycles. The Balaban J connectivity index is 1.96. The number of epoxide rings is 1. The average molecular weight is 235 g/mol. The van der Waals surface area contributed by atoms with Gasteiger partial charge in [0.2, 0.25) is 0 Å². The van der Waals surface area contributed by atoms with E-state index in [9.17, 15) is 4.79 Å². The topological polar surface area (TPSA) is 48.1 Å². The smallest absolute Gasteiger partial charge is 0.357 e. The van der Waals surface area contributed by atoms with Gasteiger partial charge >= 0.3 is 5.97 Å². The van der Waals surface area contributed by atoms with Gasteiger partial charge in [-0.25, -0.2) is 4.79 Å². The maximum absolute atomic E-state index is 11.4. The Morgan fingerprint density at radius 1 is 1.67 bits per heavy atom. The van der Waals surface area contributed by atoms with Crippen LogP contribution in [0.15, 0.2) is 0 Å². The minimum Gasteiger partial charge on any atom is -0.466 e. The van der Waals surface area contributed by atoms with E-state index in [1.807, 2.05) is 6.92 Å². The van der Waals surface area contributed by atoms with Gasteiger partial charge in [-0.1, -0.05) is 11.6 Å². The molecule has 2 aliphatic heterocycles. The molecule has 0 aromatic rings. The second-order valence-electron chi connectivity index (χ2n) is 4.35. The van der Waals surface area contributed by atoms with Crippen molar-refractivity contribution in [3.05, 3.63) is 0 Å². The Morgan fingerprint density at radius 3 is 2.93 bits per heavy atom. The summed E-state index contributed by atoms with van der Waals surface area (Å²) in [6, 6.07) is 0. The number of carbonyl (C=O) groups is 1. The van der Waals surface area contributed by atoms with Crippen molar-refractivity contribution in [1.29, 1.82) is 0 Å². The van der Waals surface area contributed by atoms with E-state index < -0.39 is 16.6 Å². The van der Waals surface area contributed by atoms with Crippen LogP contribution in [-0.2, 0) is 19.0 Å². The van der Waals surface area contributed by atoms with E-state index in [0.29, 0.717) is 5.92 Å². The minimum atomic E-state index is -1.27. The fourth-order valence-corrected chi connectivity index (χ4v) is 2.47. The van der Waals surface area contributed by atoms with Crippen molar-refractivity contribution in [2.75, 3.05) is 20.3 Å². The van der Waals surface area contributed by atoms with Gasteiger partial charge in [-0.3, -0.25) is 0 Å². The molecule has 3 unspecified atom stereocenters. The van der Waals surface area contributed by atoms with Crippen LogP contribution in [0.2, 0.25) is 0 Å². The average Bonchev–Trinajstić information content (AvgIpc) is 2.60. The molecule has 0 radical (unpaired) electrons. The number of methoxy groups -OCH3 is 1. The Morgan fingerprint density at radius 2 is 2.40 bits per heavy atom. The Kier molecular flexibility index (Phi) is 2.69. The van der Waals surface area contributed by atoms with Crippen LogP contribution >= 0.6 is 11.6 Å². The summed E-state index contributed by atoms with van der Waals surface area (Å²) in [5, 5.41) is -1.27. The van der Waals surface area contributed by atoms with Crippen molar-refractivity contribution in [3.8, 4) is 0 Å². The zero-order valence-electron chi connectivity index (χ0n) is 8.92. The SMILES string of the molecule is COC(=O)C1(Cl)OC1(C)CC1CCOC1. The highest BCUT2D eigenvalue weighted by Crippen LogP contribution is 2.55. The monoisotopic (exact) mass is 234 g/mol. The summed E-state index contributed by atoms with van der Waals surface area (Å²) < 4.78 is 15.2. The molecule has 0 aliphatic carbocycles. The fourth-order valence-electron chi connectivity index (χ4n) is 2.14. The van der Waals surface area contributed by atoms with E-state index in [-0.39, 0.29) is 0 Å². The normalized spacial score (nSPS) is 44.1. The third-order valence-corrected chi connectivity index (χ3v) is 3.79. The maximum atomic E-state index is 11.4. The summed E-state index contributed by atoms with van der Waals surface area (Å²) in [6.45, 7) is 3.36. The highest BCUT2D eigenvalue weighted by molar-refractivity contribution is 6.35. The lowest BCUT2D eigenvalue weighted by Crippen LogP contribution is -2.30. The molecule has 2 heterocycles. The van der Waals surface area contributed by atoms with Crippen molar-refractivity contribution in [3.63, 3.8) is 0 Å². The van der Waals surface area contributed by atoms with Crippen LogP contribution in [0, 0.1) is 5.92 Å². The molecule has 0 amide bonds. The summed E-state index contributed by atoms with van der Waals surface area (Å²) in [5.41, 5.74) is -0.597. The number of rotatable bonds is 3. The predicted octanol–water partition coefficient (Wildman–Crippen LogP) is 1.31. The molecular formula is C10H15ClO4. The van der Waals surface area contributed by atoms with Crippen LogP contribution < -0.4 is 0 Å². The Labute approximate surface area is 93.8 Å². The molecule has 3 atom stereocenters. The van der Waals surface area contributed by atoms with Crippen molar-refractivity contribution < 1.29 is 19.0 Å². The number of alkyl halides is 1. The minimum absolute atomic E-state index is 0.431. The van der Waals surface area contributed by atoms with Crippen LogP contribution in [0.25, 0.3) is 0 Å². The van der Waals surface area contributed by atoms with E-state index in [2.05, 4.69) is 4.74 Å². The van der Waals surface area contributed by atoms with Gasteiger partial charge in [-0.2, -0.15) is 0 Å². The number of esters is 1. The van der Waals surface area contributed by atoms with Gasteiger partial charge in [0, 0.05) is 13.2 Å². The van der Waals surface area contributed by atoms with E-state index in [1.54, 1.807) is 0 Å². The molecule has 0 aromatic heterocycles. The fraction of sp³-hybridized carbons (Fsp3) is 0.900. The van der Waals surface area contributed by atoms with Crippen molar-refractivity contribution in [2.45, 2.75) is 30.4 Å². The van der Waals surface area contributed by atoms with Gasteiger partial charge in [-0.15, -0.1) is 0 Å². The van der Waals surface area contributed by atoms with E-state index in [0.717, 1.165) is 26.1 Å². The largest absolute Gasteiger partial charge is 0.466 e. The van der Waals surface area contributed by atoms with Crippen molar-refractivity contribution in [1.82, 2.24) is 0 Å². The zero-order valence-corrected chi connectivity index (χ0v) is 9.67. The van der Waals surface area contributed by atoms with Crippen molar-refractivity contribution >= 4 is 17.6 Å². The summed E-state index contributed by atoms with van der Waals surface area (Å²) in [6.07, 6.45) is 1.75. The van der Waals surface area contributed by atoms with Crippen LogP contribution in [-0.4, -0.2) is 37.0 Å². The van der Waals surface area contributed by atoms with Gasteiger partial charge in [0.05, 0.1) is 7.11 Å². The predicted molar refractivity (Wildman–Crippen MR) is 53.6 cm³/mol. The molecule has 0 spiro atoms. The van der Waals surface area contributed by atoms with Crippen molar-refractivity contribution in [2.24, 2.45) is 5.92 Å². The first kappa shape index (κ1) is 11.2. The molecular weight excluding hydrogens is 220 g/mol. The molecule has 0 N–H and O–H groups in total. The van der Waals surface area contributed by atoms with Gasteiger partial charge in [0.15, 0.2) is 0 Å². The van der Waals surface area contributed by atoms with Crippen LogP contribution in [0.1, 0.15) is 19.8 Å². The van der Waals surface area contributed by atoms with Gasteiger partial charge < -0.3 is 14.2 Å². The summed E-state index contributed by atoms with van der Waals surface area (Å²) >= 11 is 6.04. The van der Waals surface area contributed by atoms with Gasteiger partial charge in [0.25, 0.3) is 5.06 Å². The van der Waals surface area contributed by atoms with E-state index in [4.69, 9.17) is 21.1 Å². The first-order chi connectivity index (χ1) is 7.02. The highest BCUT2D eigenvalue weighted by Gasteiger charge is 2.72. The molecule has 86 valence electrons. The van der Waals surface area contributed by atoms with E-state index in [1.165, 1.54) is 7.11 Å². The molecule has 0 saturated carbocycles. The van der Waals surface area contributed by atoms with E-state index >= 15 is 0 Å². The third kappa shape index (κ3) is 1.75. The zero-order chi connectivity index (χ0) is 11.1. The first-order valence-corrected chi connectivity index (χ1v) is 5.45. The highest BCUT2D eigenvalue weighted by atomic mass is 35.5. The summed E-state index contributed by atoms with van der Waals surface area (Å²) in [7, 11) is 1.31. The number of hydrogen-bond acceptors (Lipinski definition) is 4. The Bertz CT molecular complexity index is 277.